The number of nitrogens with one attached hydrogen (secondary N) is 3. The Balaban J connectivity index is 1.60. The minimum absolute atomic E-state index is 0.0453. The van der Waals surface area contributed by atoms with Gasteiger partial charge in [0.1, 0.15) is 0 Å². The van der Waals surface area contributed by atoms with E-state index in [9.17, 15) is 22.8 Å². The van der Waals surface area contributed by atoms with Crippen molar-refractivity contribution in [1.82, 2.24) is 0 Å². The van der Waals surface area contributed by atoms with Crippen LogP contribution in [0, 0.1) is 6.92 Å². The SMILES string of the molecule is CC(=O)Nc1ccc(S(=O)(=O)Nc2ccccc2C(=O)Nc2ccc(C)cc2C(=O)c2ccccc2)cc1. The first-order valence-electron chi connectivity index (χ1n) is 11.7. The van der Waals surface area contributed by atoms with Crippen molar-refractivity contribution in [2.24, 2.45) is 0 Å². The van der Waals surface area contributed by atoms with Crippen LogP contribution in [0.15, 0.2) is 102 Å². The molecule has 192 valence electrons. The van der Waals surface area contributed by atoms with Crippen molar-refractivity contribution in [3.63, 3.8) is 0 Å². The number of carbonyl (C=O) groups excluding carboxylic acids is 3. The highest BCUT2D eigenvalue weighted by atomic mass is 32.2. The Hall–Kier alpha value is -4.76. The van der Waals surface area contributed by atoms with Gasteiger partial charge in [0.25, 0.3) is 15.9 Å². The predicted octanol–water partition coefficient (Wildman–Crippen LogP) is 5.24. The number of amides is 2. The summed E-state index contributed by atoms with van der Waals surface area (Å²) in [4.78, 5) is 37.6. The summed E-state index contributed by atoms with van der Waals surface area (Å²) in [6.45, 7) is 3.20. The van der Waals surface area contributed by atoms with E-state index in [-0.39, 0.29) is 27.8 Å². The van der Waals surface area contributed by atoms with Gasteiger partial charge in [-0.25, -0.2) is 8.42 Å². The van der Waals surface area contributed by atoms with Gasteiger partial charge in [0.15, 0.2) is 5.78 Å². The van der Waals surface area contributed by atoms with Gasteiger partial charge >= 0.3 is 0 Å². The number of rotatable bonds is 8. The zero-order chi connectivity index (χ0) is 27.3. The first-order valence-corrected chi connectivity index (χ1v) is 13.1. The lowest BCUT2D eigenvalue weighted by Gasteiger charge is -2.15. The van der Waals surface area contributed by atoms with Crippen molar-refractivity contribution in [3.05, 3.63) is 119 Å². The number of benzene rings is 4. The zero-order valence-corrected chi connectivity index (χ0v) is 21.5. The standard InChI is InChI=1S/C29H25N3O5S/c1-19-12-17-26(25(18-19)28(34)21-8-4-3-5-9-21)31-29(35)24-10-6-7-11-27(24)32-38(36,37)23-15-13-22(14-16-23)30-20(2)33/h3-18,32H,1-2H3,(H,30,33)(H,31,35). The van der Waals surface area contributed by atoms with E-state index < -0.39 is 15.9 Å². The Labute approximate surface area is 220 Å². The molecule has 2 amide bonds. The molecule has 0 aliphatic heterocycles. The maximum Gasteiger partial charge on any atom is 0.261 e. The van der Waals surface area contributed by atoms with Crippen LogP contribution in [0.3, 0.4) is 0 Å². The lowest BCUT2D eigenvalue weighted by molar-refractivity contribution is -0.114. The van der Waals surface area contributed by atoms with Gasteiger partial charge in [0, 0.05) is 23.7 Å². The lowest BCUT2D eigenvalue weighted by atomic mass is 9.99. The summed E-state index contributed by atoms with van der Waals surface area (Å²) in [5.74, 6) is -1.11. The van der Waals surface area contributed by atoms with Gasteiger partial charge in [-0.15, -0.1) is 0 Å². The molecule has 0 atom stereocenters. The number of sulfonamides is 1. The molecule has 0 aromatic heterocycles. The summed E-state index contributed by atoms with van der Waals surface area (Å²) in [6, 6.07) is 25.7. The molecule has 0 unspecified atom stereocenters. The van der Waals surface area contributed by atoms with Crippen LogP contribution in [0.2, 0.25) is 0 Å². The van der Waals surface area contributed by atoms with Gasteiger partial charge in [-0.05, 0) is 55.5 Å². The average Bonchev–Trinajstić information content (AvgIpc) is 2.90. The Bertz CT molecular complexity index is 1620. The van der Waals surface area contributed by atoms with Crippen molar-refractivity contribution in [2.75, 3.05) is 15.4 Å². The Morgan fingerprint density at radius 2 is 1.34 bits per heavy atom. The van der Waals surface area contributed by atoms with E-state index in [1.807, 2.05) is 13.0 Å². The fourth-order valence-electron chi connectivity index (χ4n) is 3.78. The molecular weight excluding hydrogens is 502 g/mol. The van der Waals surface area contributed by atoms with Crippen LogP contribution in [-0.4, -0.2) is 26.0 Å². The topological polar surface area (TPSA) is 121 Å². The molecule has 38 heavy (non-hydrogen) atoms. The number of anilines is 3. The molecule has 0 saturated heterocycles. The molecule has 0 fully saturated rings. The van der Waals surface area contributed by atoms with Crippen LogP contribution in [0.25, 0.3) is 0 Å². The summed E-state index contributed by atoms with van der Waals surface area (Å²) < 4.78 is 28.5. The first kappa shape index (κ1) is 26.3. The molecule has 0 saturated carbocycles. The molecule has 4 aromatic carbocycles. The quantitative estimate of drug-likeness (QED) is 0.271. The van der Waals surface area contributed by atoms with Crippen molar-refractivity contribution in [3.8, 4) is 0 Å². The maximum absolute atomic E-state index is 13.3. The zero-order valence-electron chi connectivity index (χ0n) is 20.7. The molecule has 9 heteroatoms. The highest BCUT2D eigenvalue weighted by Crippen LogP contribution is 2.25. The van der Waals surface area contributed by atoms with Crippen LogP contribution in [0.1, 0.15) is 38.8 Å². The minimum atomic E-state index is -4.05. The number of aryl methyl sites for hydroxylation is 1. The fourth-order valence-corrected chi connectivity index (χ4v) is 4.86. The third-order valence-electron chi connectivity index (χ3n) is 5.60. The maximum atomic E-state index is 13.3. The molecule has 3 N–H and O–H groups in total. The van der Waals surface area contributed by atoms with Gasteiger partial charge < -0.3 is 10.6 Å². The normalized spacial score (nSPS) is 10.9. The summed E-state index contributed by atoms with van der Waals surface area (Å²) in [6.07, 6.45) is 0. The van der Waals surface area contributed by atoms with E-state index in [1.54, 1.807) is 54.6 Å². The summed E-state index contributed by atoms with van der Waals surface area (Å²) in [5, 5.41) is 5.34. The van der Waals surface area contributed by atoms with E-state index in [4.69, 9.17) is 0 Å². The van der Waals surface area contributed by atoms with Crippen LogP contribution < -0.4 is 15.4 Å². The Morgan fingerprint density at radius 1 is 0.684 bits per heavy atom. The average molecular weight is 528 g/mol. The number of hydrogen-bond acceptors (Lipinski definition) is 5. The van der Waals surface area contributed by atoms with Gasteiger partial charge in [-0.3, -0.25) is 19.1 Å². The van der Waals surface area contributed by atoms with Crippen molar-refractivity contribution in [2.45, 2.75) is 18.7 Å². The largest absolute Gasteiger partial charge is 0.326 e. The lowest BCUT2D eigenvalue weighted by Crippen LogP contribution is -2.20. The van der Waals surface area contributed by atoms with Crippen LogP contribution in [0.4, 0.5) is 17.1 Å². The van der Waals surface area contributed by atoms with E-state index in [0.717, 1.165) is 5.56 Å². The Kier molecular flexibility index (Phi) is 7.68. The molecule has 4 aromatic rings. The summed E-state index contributed by atoms with van der Waals surface area (Å²) in [7, 11) is -4.05. The summed E-state index contributed by atoms with van der Waals surface area (Å²) in [5.41, 5.74) is 2.55. The van der Waals surface area contributed by atoms with E-state index in [0.29, 0.717) is 22.5 Å². The molecule has 0 bridgehead atoms. The van der Waals surface area contributed by atoms with E-state index >= 15 is 0 Å². The smallest absolute Gasteiger partial charge is 0.261 e. The second-order valence-electron chi connectivity index (χ2n) is 8.55. The molecule has 0 radical (unpaired) electrons. The van der Waals surface area contributed by atoms with Crippen molar-refractivity contribution < 1.29 is 22.8 Å². The van der Waals surface area contributed by atoms with Crippen molar-refractivity contribution in [1.29, 1.82) is 0 Å². The van der Waals surface area contributed by atoms with E-state index in [2.05, 4.69) is 15.4 Å². The second kappa shape index (κ2) is 11.1. The molecule has 8 nitrogen and oxygen atoms in total. The van der Waals surface area contributed by atoms with Gasteiger partial charge in [0.05, 0.1) is 21.8 Å². The highest BCUT2D eigenvalue weighted by Gasteiger charge is 2.21. The molecule has 0 aliphatic rings. The molecular formula is C29H25N3O5S. The monoisotopic (exact) mass is 527 g/mol. The van der Waals surface area contributed by atoms with Gasteiger partial charge in [-0.1, -0.05) is 54.1 Å². The first-order chi connectivity index (χ1) is 18.1. The molecule has 4 rings (SSSR count). The molecule has 0 heterocycles. The van der Waals surface area contributed by atoms with Gasteiger partial charge in [0.2, 0.25) is 5.91 Å². The number of para-hydroxylation sites is 1. The van der Waals surface area contributed by atoms with E-state index in [1.165, 1.54) is 43.3 Å². The minimum Gasteiger partial charge on any atom is -0.326 e. The van der Waals surface area contributed by atoms with Crippen molar-refractivity contribution >= 4 is 44.7 Å². The fraction of sp³-hybridized carbons (Fsp3) is 0.0690. The molecule has 0 spiro atoms. The second-order valence-corrected chi connectivity index (χ2v) is 10.2. The highest BCUT2D eigenvalue weighted by molar-refractivity contribution is 7.92. The third-order valence-corrected chi connectivity index (χ3v) is 6.99. The van der Waals surface area contributed by atoms with Gasteiger partial charge in [-0.2, -0.15) is 0 Å². The number of ketones is 1. The molecule has 0 aliphatic carbocycles. The summed E-state index contributed by atoms with van der Waals surface area (Å²) >= 11 is 0. The number of hydrogen-bond donors (Lipinski definition) is 3. The predicted molar refractivity (Wildman–Crippen MR) is 147 cm³/mol. The number of carbonyl (C=O) groups is 3. The Morgan fingerprint density at radius 3 is 2.03 bits per heavy atom. The van der Waals surface area contributed by atoms with Crippen LogP contribution in [0.5, 0.6) is 0 Å². The third kappa shape index (κ3) is 6.13. The van der Waals surface area contributed by atoms with Crippen LogP contribution >= 0.6 is 0 Å². The van der Waals surface area contributed by atoms with Crippen LogP contribution in [-0.2, 0) is 14.8 Å².